The molecule has 82 valence electrons. The minimum Gasteiger partial charge on any atom is -0.329 e. The van der Waals surface area contributed by atoms with Gasteiger partial charge in [-0.2, -0.15) is 0 Å². The van der Waals surface area contributed by atoms with E-state index in [2.05, 4.69) is 23.5 Å². The van der Waals surface area contributed by atoms with Gasteiger partial charge in [0.15, 0.2) is 0 Å². The van der Waals surface area contributed by atoms with Gasteiger partial charge in [-0.25, -0.2) is 0 Å². The fourth-order valence-electron chi connectivity index (χ4n) is 2.24. The molecule has 0 heterocycles. The van der Waals surface area contributed by atoms with Crippen molar-refractivity contribution in [2.24, 2.45) is 5.73 Å². The number of hydrogen-bond acceptors (Lipinski definition) is 2. The zero-order chi connectivity index (χ0) is 10.5. The number of nitrogens with one attached hydrogen (secondary N) is 1. The van der Waals surface area contributed by atoms with E-state index in [9.17, 15) is 0 Å². The zero-order valence-corrected chi connectivity index (χ0v) is 9.26. The van der Waals surface area contributed by atoms with Gasteiger partial charge in [-0.15, -0.1) is 0 Å². The van der Waals surface area contributed by atoms with Gasteiger partial charge in [0.2, 0.25) is 0 Å². The van der Waals surface area contributed by atoms with Crippen LogP contribution in [0, 0.1) is 0 Å². The third kappa shape index (κ3) is 2.80. The van der Waals surface area contributed by atoms with Crippen molar-refractivity contribution in [2.45, 2.75) is 25.7 Å². The van der Waals surface area contributed by atoms with Gasteiger partial charge >= 0.3 is 0 Å². The summed E-state index contributed by atoms with van der Waals surface area (Å²) in [7, 11) is 0. The van der Waals surface area contributed by atoms with Crippen LogP contribution in [-0.2, 0) is 19.3 Å². The third-order valence-corrected chi connectivity index (χ3v) is 3.07. The second kappa shape index (κ2) is 5.29. The van der Waals surface area contributed by atoms with E-state index in [-0.39, 0.29) is 0 Å². The van der Waals surface area contributed by atoms with Crippen molar-refractivity contribution in [1.29, 1.82) is 0 Å². The van der Waals surface area contributed by atoms with E-state index >= 15 is 0 Å². The van der Waals surface area contributed by atoms with Crippen LogP contribution in [0.3, 0.4) is 0 Å². The number of rotatable bonds is 5. The molecular weight excluding hydrogens is 184 g/mol. The quantitative estimate of drug-likeness (QED) is 0.709. The van der Waals surface area contributed by atoms with Crippen molar-refractivity contribution in [3.63, 3.8) is 0 Å². The first-order valence-electron chi connectivity index (χ1n) is 5.91. The molecule has 0 bridgehead atoms. The van der Waals surface area contributed by atoms with Gasteiger partial charge in [0.05, 0.1) is 0 Å². The Labute approximate surface area is 91.9 Å². The summed E-state index contributed by atoms with van der Waals surface area (Å²) in [5.41, 5.74) is 10.0. The molecule has 2 nitrogen and oxygen atoms in total. The van der Waals surface area contributed by atoms with Gasteiger partial charge in [-0.05, 0) is 48.9 Å². The minimum absolute atomic E-state index is 0.726. The summed E-state index contributed by atoms with van der Waals surface area (Å²) in [4.78, 5) is 0. The molecule has 1 aliphatic rings. The van der Waals surface area contributed by atoms with Crippen molar-refractivity contribution in [3.05, 3.63) is 34.9 Å². The maximum Gasteiger partial charge on any atom is 0.00746 e. The van der Waals surface area contributed by atoms with Gasteiger partial charge in [-0.1, -0.05) is 18.2 Å². The lowest BCUT2D eigenvalue weighted by Crippen LogP contribution is -2.24. The highest BCUT2D eigenvalue weighted by Gasteiger charge is 2.10. The average molecular weight is 204 g/mol. The highest BCUT2D eigenvalue weighted by atomic mass is 14.9. The smallest absolute Gasteiger partial charge is 0.00746 e. The number of benzene rings is 1. The molecule has 0 unspecified atom stereocenters. The lowest BCUT2D eigenvalue weighted by atomic mass is 10.0. The van der Waals surface area contributed by atoms with Crippen molar-refractivity contribution in [2.75, 3.05) is 19.6 Å². The van der Waals surface area contributed by atoms with E-state index in [1.807, 2.05) is 0 Å². The summed E-state index contributed by atoms with van der Waals surface area (Å²) in [5, 5.41) is 3.33. The van der Waals surface area contributed by atoms with Gasteiger partial charge in [0.25, 0.3) is 0 Å². The topological polar surface area (TPSA) is 38.0 Å². The highest BCUT2D eigenvalue weighted by molar-refractivity contribution is 5.35. The minimum atomic E-state index is 0.726. The molecule has 2 rings (SSSR count). The number of hydrogen-bond donors (Lipinski definition) is 2. The molecule has 0 saturated heterocycles. The van der Waals surface area contributed by atoms with Gasteiger partial charge in [0.1, 0.15) is 0 Å². The summed E-state index contributed by atoms with van der Waals surface area (Å²) in [6.07, 6.45) is 5.01. The second-order valence-electron chi connectivity index (χ2n) is 4.25. The number of nitrogens with two attached hydrogens (primary N) is 1. The molecule has 15 heavy (non-hydrogen) atoms. The Kier molecular flexibility index (Phi) is 3.75. The first-order valence-corrected chi connectivity index (χ1v) is 5.91. The Balaban J connectivity index is 1.87. The van der Waals surface area contributed by atoms with Crippen LogP contribution in [0.1, 0.15) is 23.1 Å². The first-order chi connectivity index (χ1) is 7.40. The molecule has 0 radical (unpaired) electrons. The van der Waals surface area contributed by atoms with E-state index in [0.717, 1.165) is 26.1 Å². The molecule has 0 aliphatic heterocycles. The van der Waals surface area contributed by atoms with Gasteiger partial charge in [0, 0.05) is 13.1 Å². The molecule has 0 atom stereocenters. The summed E-state index contributed by atoms with van der Waals surface area (Å²) in [6, 6.07) is 6.96. The Morgan fingerprint density at radius 3 is 2.87 bits per heavy atom. The van der Waals surface area contributed by atoms with Crippen molar-refractivity contribution in [3.8, 4) is 0 Å². The normalized spacial score (nSPS) is 14.2. The van der Waals surface area contributed by atoms with Crippen LogP contribution in [0.25, 0.3) is 0 Å². The van der Waals surface area contributed by atoms with E-state index in [4.69, 9.17) is 5.73 Å². The van der Waals surface area contributed by atoms with E-state index < -0.39 is 0 Å². The summed E-state index contributed by atoms with van der Waals surface area (Å²) in [6.45, 7) is 2.69. The summed E-state index contributed by atoms with van der Waals surface area (Å²) in [5.74, 6) is 0. The molecule has 3 N–H and O–H groups in total. The zero-order valence-electron chi connectivity index (χ0n) is 9.26. The van der Waals surface area contributed by atoms with Crippen LogP contribution >= 0.6 is 0 Å². The molecule has 0 amide bonds. The summed E-state index contributed by atoms with van der Waals surface area (Å²) < 4.78 is 0. The van der Waals surface area contributed by atoms with E-state index in [1.165, 1.54) is 24.8 Å². The number of fused-ring (bicyclic) bond motifs is 1. The fraction of sp³-hybridized carbons (Fsp3) is 0.538. The van der Waals surface area contributed by atoms with Crippen LogP contribution in [0.2, 0.25) is 0 Å². The van der Waals surface area contributed by atoms with Crippen LogP contribution in [0.5, 0.6) is 0 Å². The lowest BCUT2D eigenvalue weighted by Gasteiger charge is -2.05. The standard InChI is InChI=1S/C13H20N2/c14-7-9-15-8-6-11-4-5-12-2-1-3-13(12)10-11/h4-5,10,15H,1-3,6-9,14H2. The number of aryl methyl sites for hydroxylation is 2. The van der Waals surface area contributed by atoms with Crippen LogP contribution in [0.4, 0.5) is 0 Å². The molecule has 2 heteroatoms. The molecule has 0 saturated carbocycles. The molecule has 1 aromatic carbocycles. The van der Waals surface area contributed by atoms with Gasteiger partial charge in [-0.3, -0.25) is 0 Å². The van der Waals surface area contributed by atoms with Crippen molar-refractivity contribution in [1.82, 2.24) is 5.32 Å². The molecule has 0 fully saturated rings. The van der Waals surface area contributed by atoms with E-state index in [1.54, 1.807) is 11.1 Å². The molecular formula is C13H20N2. The van der Waals surface area contributed by atoms with Crippen molar-refractivity contribution < 1.29 is 0 Å². The maximum atomic E-state index is 5.42. The van der Waals surface area contributed by atoms with Gasteiger partial charge < -0.3 is 11.1 Å². The predicted octanol–water partition coefficient (Wildman–Crippen LogP) is 1.27. The maximum absolute atomic E-state index is 5.42. The second-order valence-corrected chi connectivity index (χ2v) is 4.25. The summed E-state index contributed by atoms with van der Waals surface area (Å²) >= 11 is 0. The largest absolute Gasteiger partial charge is 0.329 e. The Morgan fingerprint density at radius 1 is 1.13 bits per heavy atom. The third-order valence-electron chi connectivity index (χ3n) is 3.07. The van der Waals surface area contributed by atoms with Crippen molar-refractivity contribution >= 4 is 0 Å². The molecule has 0 spiro atoms. The SMILES string of the molecule is NCCNCCc1ccc2c(c1)CCC2. The molecule has 0 aromatic heterocycles. The highest BCUT2D eigenvalue weighted by Crippen LogP contribution is 2.22. The average Bonchev–Trinajstić information content (AvgIpc) is 2.71. The Morgan fingerprint density at radius 2 is 2.00 bits per heavy atom. The van der Waals surface area contributed by atoms with Crippen LogP contribution in [0.15, 0.2) is 18.2 Å². The fourth-order valence-corrected chi connectivity index (χ4v) is 2.24. The van der Waals surface area contributed by atoms with E-state index in [0.29, 0.717) is 0 Å². The molecule has 1 aliphatic carbocycles. The lowest BCUT2D eigenvalue weighted by molar-refractivity contribution is 0.688. The Bertz CT molecular complexity index is 320. The van der Waals surface area contributed by atoms with Crippen LogP contribution in [-0.4, -0.2) is 19.6 Å². The Hall–Kier alpha value is -0.860. The monoisotopic (exact) mass is 204 g/mol. The predicted molar refractivity (Wildman–Crippen MR) is 64.1 cm³/mol. The van der Waals surface area contributed by atoms with Crippen LogP contribution < -0.4 is 11.1 Å². The first kappa shape index (κ1) is 10.7. The molecule has 1 aromatic rings.